The van der Waals surface area contributed by atoms with E-state index in [4.69, 9.17) is 28.4 Å². The summed E-state index contributed by atoms with van der Waals surface area (Å²) in [6.07, 6.45) is 6.29. The van der Waals surface area contributed by atoms with Crippen LogP contribution in [0.3, 0.4) is 0 Å². The Hall–Kier alpha value is -2.01. The zero-order valence-corrected chi connectivity index (χ0v) is 27.0. The average Bonchev–Trinajstić information content (AvgIpc) is 3.50. The van der Waals surface area contributed by atoms with Gasteiger partial charge in [0.2, 0.25) is 0 Å². The molecule has 2 heterocycles. The molecule has 0 bridgehead atoms. The van der Waals surface area contributed by atoms with Crippen molar-refractivity contribution in [3.63, 3.8) is 0 Å². The van der Waals surface area contributed by atoms with E-state index in [1.54, 1.807) is 6.08 Å². The van der Waals surface area contributed by atoms with E-state index in [-0.39, 0.29) is 34.7 Å². The van der Waals surface area contributed by atoms with E-state index in [0.717, 1.165) is 63.4 Å². The van der Waals surface area contributed by atoms with Crippen LogP contribution in [0.15, 0.2) is 11.6 Å². The smallest absolute Gasteiger partial charge is 0.331 e. The lowest BCUT2D eigenvalue weighted by Gasteiger charge is -2.64. The Morgan fingerprint density at radius 1 is 0.932 bits per heavy atom. The average molecular weight is 619 g/mol. The number of ether oxygens (including phenoxy) is 6. The van der Waals surface area contributed by atoms with Crippen LogP contribution in [0, 0.1) is 34.5 Å². The van der Waals surface area contributed by atoms with Gasteiger partial charge >= 0.3 is 17.9 Å². The molecule has 10 heteroatoms. The number of aliphatic hydroxyl groups is 1. The minimum atomic E-state index is -0.877. The third kappa shape index (κ3) is 5.12. The van der Waals surface area contributed by atoms with Gasteiger partial charge in [0.05, 0.1) is 17.8 Å². The van der Waals surface area contributed by atoms with Crippen molar-refractivity contribution in [1.29, 1.82) is 0 Å². The van der Waals surface area contributed by atoms with Gasteiger partial charge in [-0.25, -0.2) is 4.79 Å². The molecule has 0 aromatic rings. The monoisotopic (exact) mass is 618 g/mol. The van der Waals surface area contributed by atoms with E-state index >= 15 is 0 Å². The molecule has 2 aliphatic heterocycles. The number of rotatable bonds is 6. The minimum Gasteiger partial charge on any atom is -0.458 e. The van der Waals surface area contributed by atoms with Crippen molar-refractivity contribution < 1.29 is 47.9 Å². The predicted molar refractivity (Wildman–Crippen MR) is 157 cm³/mol. The van der Waals surface area contributed by atoms with Gasteiger partial charge in [-0.15, -0.1) is 0 Å². The van der Waals surface area contributed by atoms with Gasteiger partial charge in [-0.1, -0.05) is 13.8 Å². The van der Waals surface area contributed by atoms with Gasteiger partial charge < -0.3 is 33.5 Å². The van der Waals surface area contributed by atoms with Gasteiger partial charge in [-0.05, 0) is 99.4 Å². The highest BCUT2D eigenvalue weighted by atomic mass is 16.7. The third-order valence-electron chi connectivity index (χ3n) is 12.9. The predicted octanol–water partition coefficient (Wildman–Crippen LogP) is 4.25. The number of carbonyl (C=O) groups is 3. The van der Waals surface area contributed by atoms with E-state index in [1.807, 2.05) is 6.92 Å². The molecule has 0 spiro atoms. The zero-order chi connectivity index (χ0) is 31.6. The second-order valence-electron chi connectivity index (χ2n) is 14.9. The van der Waals surface area contributed by atoms with Gasteiger partial charge in [-0.2, -0.15) is 0 Å². The van der Waals surface area contributed by atoms with Crippen LogP contribution in [-0.2, 0) is 42.8 Å². The number of methoxy groups -OCH3 is 1. The first-order valence-electron chi connectivity index (χ1n) is 16.6. The molecule has 6 rings (SSSR count). The SMILES string of the molecule is CO[C@H]1[C@H](OC(C)=O)[C@H](O[C@H]2CC[C@@]3(C)[C@H](CC[C@@H]4[C@H]3CC[C@]3(C)[C@H](C5=CC(=O)OC5)CC[C@]43O)C2)O[C@@H](C)[C@@H]1OC(C)=O. The van der Waals surface area contributed by atoms with Crippen LogP contribution in [0.25, 0.3) is 0 Å². The van der Waals surface area contributed by atoms with Crippen LogP contribution in [0.2, 0.25) is 0 Å². The number of fused-ring (bicyclic) bond motifs is 5. The highest BCUT2D eigenvalue weighted by molar-refractivity contribution is 5.85. The van der Waals surface area contributed by atoms with Crippen molar-refractivity contribution in [2.45, 2.75) is 135 Å². The molecule has 6 aliphatic rings. The number of carbonyl (C=O) groups excluding carboxylic acids is 3. The maximum atomic E-state index is 12.5. The molecular weight excluding hydrogens is 568 g/mol. The van der Waals surface area contributed by atoms with Crippen LogP contribution in [-0.4, -0.2) is 79.1 Å². The molecule has 5 fully saturated rings. The van der Waals surface area contributed by atoms with Crippen LogP contribution >= 0.6 is 0 Å². The summed E-state index contributed by atoms with van der Waals surface area (Å²) in [5.41, 5.74) is 0.159. The summed E-state index contributed by atoms with van der Waals surface area (Å²) < 4.78 is 34.9. The van der Waals surface area contributed by atoms with E-state index in [9.17, 15) is 19.5 Å². The molecule has 0 radical (unpaired) electrons. The minimum absolute atomic E-state index is 0.0812. The number of hydrogen-bond donors (Lipinski definition) is 1. The summed E-state index contributed by atoms with van der Waals surface area (Å²) in [5, 5.41) is 12.5. The van der Waals surface area contributed by atoms with Crippen LogP contribution in [0.5, 0.6) is 0 Å². The molecule has 13 atom stereocenters. The third-order valence-corrected chi connectivity index (χ3v) is 12.9. The molecule has 0 aromatic heterocycles. The lowest BCUT2D eigenvalue weighted by atomic mass is 9.43. The Morgan fingerprint density at radius 3 is 2.32 bits per heavy atom. The molecule has 1 saturated heterocycles. The molecule has 246 valence electrons. The highest BCUT2D eigenvalue weighted by Gasteiger charge is 2.68. The summed E-state index contributed by atoms with van der Waals surface area (Å²) in [6, 6.07) is 0. The maximum absolute atomic E-state index is 12.5. The van der Waals surface area contributed by atoms with Gasteiger partial charge in [-0.3, -0.25) is 9.59 Å². The van der Waals surface area contributed by atoms with E-state index < -0.39 is 48.2 Å². The molecule has 44 heavy (non-hydrogen) atoms. The topological polar surface area (TPSA) is 127 Å². The molecular formula is C34H50O10. The Balaban J connectivity index is 1.16. The first-order chi connectivity index (χ1) is 20.8. The zero-order valence-electron chi connectivity index (χ0n) is 27.0. The van der Waals surface area contributed by atoms with Gasteiger partial charge in [0.15, 0.2) is 18.5 Å². The summed E-state index contributed by atoms with van der Waals surface area (Å²) in [4.78, 5) is 35.7. The Morgan fingerprint density at radius 2 is 1.66 bits per heavy atom. The summed E-state index contributed by atoms with van der Waals surface area (Å²) in [5.74, 6) is 0.0897. The second-order valence-corrected chi connectivity index (χ2v) is 14.9. The summed E-state index contributed by atoms with van der Waals surface area (Å²) in [6.45, 7) is 9.52. The van der Waals surface area contributed by atoms with Gasteiger partial charge in [0.1, 0.15) is 12.7 Å². The van der Waals surface area contributed by atoms with E-state index in [0.29, 0.717) is 18.4 Å². The normalized spacial score (nSPS) is 48.3. The standard InChI is InChI=1S/C34H50O10/c1-18-28(42-19(2)35)29(39-6)30(43-20(3)36)31(41-18)44-23-9-12-32(4)22(16-23)7-8-26-25(32)10-13-33(5)24(11-14-34(26,33)38)21-15-27(37)40-17-21/h15,18,22-26,28-31,38H,7-14,16-17H2,1-6H3/t18-,22+,23-,24-,25+,26+,28-,29+,30-,31-,32-,33+,34-/m0/s1. The fraction of sp³-hybridized carbons (Fsp3) is 0.853. The molecule has 0 unspecified atom stereocenters. The lowest BCUT2D eigenvalue weighted by Crippen LogP contribution is -2.63. The molecule has 4 aliphatic carbocycles. The molecule has 4 saturated carbocycles. The first-order valence-corrected chi connectivity index (χ1v) is 16.6. The molecule has 0 amide bonds. The van der Waals surface area contributed by atoms with Crippen LogP contribution in [0.4, 0.5) is 0 Å². The van der Waals surface area contributed by atoms with Gasteiger partial charge in [0, 0.05) is 32.4 Å². The van der Waals surface area contributed by atoms with Crippen LogP contribution < -0.4 is 0 Å². The molecule has 1 N–H and O–H groups in total. The fourth-order valence-electron chi connectivity index (χ4n) is 10.7. The van der Waals surface area contributed by atoms with Gasteiger partial charge in [0.25, 0.3) is 0 Å². The number of hydrogen-bond acceptors (Lipinski definition) is 10. The largest absolute Gasteiger partial charge is 0.458 e. The van der Waals surface area contributed by atoms with Crippen molar-refractivity contribution >= 4 is 17.9 Å². The van der Waals surface area contributed by atoms with E-state index in [2.05, 4.69) is 13.8 Å². The van der Waals surface area contributed by atoms with Crippen molar-refractivity contribution in [2.75, 3.05) is 13.7 Å². The molecule has 10 nitrogen and oxygen atoms in total. The summed E-state index contributed by atoms with van der Waals surface area (Å²) in [7, 11) is 1.50. The molecule has 0 aromatic carbocycles. The first kappa shape index (κ1) is 32.0. The Labute approximate surface area is 260 Å². The Bertz CT molecular complexity index is 1180. The van der Waals surface area contributed by atoms with Crippen molar-refractivity contribution in [2.24, 2.45) is 34.5 Å². The van der Waals surface area contributed by atoms with Crippen molar-refractivity contribution in [3.05, 3.63) is 11.6 Å². The lowest BCUT2D eigenvalue weighted by molar-refractivity contribution is -0.317. The number of cyclic esters (lactones) is 1. The van der Waals surface area contributed by atoms with Crippen LogP contribution in [0.1, 0.15) is 92.4 Å². The van der Waals surface area contributed by atoms with E-state index in [1.165, 1.54) is 21.0 Å². The fourth-order valence-corrected chi connectivity index (χ4v) is 10.7. The Kier molecular flexibility index (Phi) is 8.46. The quantitative estimate of drug-likeness (QED) is 0.262. The summed E-state index contributed by atoms with van der Waals surface area (Å²) >= 11 is 0. The highest BCUT2D eigenvalue weighted by Crippen LogP contribution is 2.70. The van der Waals surface area contributed by atoms with Crippen molar-refractivity contribution in [3.8, 4) is 0 Å². The number of esters is 3. The second kappa shape index (κ2) is 11.7. The van der Waals surface area contributed by atoms with Crippen molar-refractivity contribution in [1.82, 2.24) is 0 Å². The maximum Gasteiger partial charge on any atom is 0.331 e.